The minimum atomic E-state index is -0.926. The number of aliphatic hydroxyl groups excluding tert-OH is 2. The van der Waals surface area contributed by atoms with E-state index in [1.54, 1.807) is 0 Å². The summed E-state index contributed by atoms with van der Waals surface area (Å²) < 4.78 is 5.01. The van der Waals surface area contributed by atoms with E-state index < -0.39 is 18.4 Å². The summed E-state index contributed by atoms with van der Waals surface area (Å²) in [6.07, 6.45) is -2.10. The number of aliphatic hydroxyl groups is 2. The van der Waals surface area contributed by atoms with Crippen LogP contribution in [0, 0.1) is 0 Å². The molecule has 60 valence electrons. The molecule has 0 bridgehead atoms. The van der Waals surface area contributed by atoms with Crippen LogP contribution in [0.25, 0.3) is 0 Å². The molecule has 1 fully saturated rings. The fraction of sp³-hybridized carbons (Fsp3) is 1.00. The molecule has 0 saturated carbocycles. The van der Waals surface area contributed by atoms with Crippen LogP contribution in [0.2, 0.25) is 0 Å². The molecule has 1 saturated heterocycles. The molecule has 0 amide bonds. The summed E-state index contributed by atoms with van der Waals surface area (Å²) in [5.74, 6) is 0. The Morgan fingerprint density at radius 2 is 2.00 bits per heavy atom. The van der Waals surface area contributed by atoms with Gasteiger partial charge in [-0.3, -0.25) is 0 Å². The van der Waals surface area contributed by atoms with Crippen molar-refractivity contribution in [3.63, 3.8) is 0 Å². The average Bonchev–Trinajstić information content (AvgIpc) is 2.17. The van der Waals surface area contributed by atoms with Gasteiger partial charge < -0.3 is 20.7 Å². The zero-order chi connectivity index (χ0) is 7.72. The van der Waals surface area contributed by atoms with Gasteiger partial charge >= 0.3 is 0 Å². The van der Waals surface area contributed by atoms with Gasteiger partial charge in [-0.05, 0) is 6.42 Å². The van der Waals surface area contributed by atoms with E-state index in [1.807, 2.05) is 6.92 Å². The van der Waals surface area contributed by atoms with Gasteiger partial charge in [-0.15, -0.1) is 0 Å². The first kappa shape index (κ1) is 7.94. The van der Waals surface area contributed by atoms with E-state index >= 15 is 0 Å². The Bertz CT molecular complexity index is 120. The summed E-state index contributed by atoms with van der Waals surface area (Å²) in [6.45, 7) is 1.87. The minimum absolute atomic E-state index is 0.301. The Morgan fingerprint density at radius 3 is 2.20 bits per heavy atom. The van der Waals surface area contributed by atoms with Crippen LogP contribution in [0.15, 0.2) is 0 Å². The summed E-state index contributed by atoms with van der Waals surface area (Å²) >= 11 is 0. The van der Waals surface area contributed by atoms with Crippen LogP contribution >= 0.6 is 0 Å². The van der Waals surface area contributed by atoms with Crippen LogP contribution in [-0.4, -0.2) is 34.8 Å². The maximum absolute atomic E-state index is 9.17. The van der Waals surface area contributed by atoms with E-state index in [0.29, 0.717) is 6.42 Å². The van der Waals surface area contributed by atoms with Crippen molar-refractivity contribution in [3.8, 4) is 0 Å². The molecule has 10 heavy (non-hydrogen) atoms. The molecule has 4 nitrogen and oxygen atoms in total. The molecule has 4 heteroatoms. The topological polar surface area (TPSA) is 75.7 Å². The lowest BCUT2D eigenvalue weighted by Crippen LogP contribution is -2.36. The maximum Gasteiger partial charge on any atom is 0.135 e. The first-order valence-electron chi connectivity index (χ1n) is 3.44. The van der Waals surface area contributed by atoms with Crippen LogP contribution in [0.4, 0.5) is 0 Å². The zero-order valence-corrected chi connectivity index (χ0v) is 5.90. The maximum atomic E-state index is 9.17. The fourth-order valence-electron chi connectivity index (χ4n) is 1.11. The van der Waals surface area contributed by atoms with E-state index in [9.17, 15) is 5.11 Å². The van der Waals surface area contributed by atoms with Gasteiger partial charge in [0.1, 0.15) is 18.4 Å². The largest absolute Gasteiger partial charge is 0.388 e. The molecule has 0 spiro atoms. The van der Waals surface area contributed by atoms with Crippen molar-refractivity contribution >= 4 is 0 Å². The van der Waals surface area contributed by atoms with Gasteiger partial charge in [-0.1, -0.05) is 6.92 Å². The highest BCUT2D eigenvalue weighted by Gasteiger charge is 2.39. The average molecular weight is 147 g/mol. The quantitative estimate of drug-likeness (QED) is 0.435. The van der Waals surface area contributed by atoms with Gasteiger partial charge in [0.15, 0.2) is 0 Å². The SMILES string of the molecule is CCC1OC(N)C(O)C1O. The molecule has 0 aromatic carbocycles. The number of hydrogen-bond donors (Lipinski definition) is 3. The molecule has 0 aliphatic carbocycles. The summed E-state index contributed by atoms with van der Waals surface area (Å²) in [7, 11) is 0. The van der Waals surface area contributed by atoms with Crippen molar-refractivity contribution in [2.24, 2.45) is 5.73 Å². The van der Waals surface area contributed by atoms with Crippen LogP contribution in [0.3, 0.4) is 0 Å². The monoisotopic (exact) mass is 147 g/mol. The van der Waals surface area contributed by atoms with E-state index in [4.69, 9.17) is 15.6 Å². The van der Waals surface area contributed by atoms with Crippen LogP contribution in [-0.2, 0) is 4.74 Å². The van der Waals surface area contributed by atoms with E-state index in [0.717, 1.165) is 0 Å². The van der Waals surface area contributed by atoms with Gasteiger partial charge in [0, 0.05) is 0 Å². The highest BCUT2D eigenvalue weighted by molar-refractivity contribution is 4.86. The number of rotatable bonds is 1. The third-order valence-electron chi connectivity index (χ3n) is 1.80. The molecule has 0 aromatic rings. The number of hydrogen-bond acceptors (Lipinski definition) is 4. The van der Waals surface area contributed by atoms with E-state index in [2.05, 4.69) is 0 Å². The Morgan fingerprint density at radius 1 is 1.40 bits per heavy atom. The Balaban J connectivity index is 2.53. The first-order valence-corrected chi connectivity index (χ1v) is 3.44. The van der Waals surface area contributed by atoms with Gasteiger partial charge in [0.25, 0.3) is 0 Å². The molecule has 4 N–H and O–H groups in total. The smallest absolute Gasteiger partial charge is 0.135 e. The van der Waals surface area contributed by atoms with Crippen molar-refractivity contribution in [1.82, 2.24) is 0 Å². The Labute approximate surface area is 59.6 Å². The standard InChI is InChI=1S/C6H13NO3/c1-2-3-4(8)5(9)6(7)10-3/h3-6,8-9H,2,7H2,1H3. The van der Waals surface area contributed by atoms with Crippen LogP contribution < -0.4 is 5.73 Å². The summed E-state index contributed by atoms with van der Waals surface area (Å²) in [6, 6.07) is 0. The molecule has 1 rings (SSSR count). The molecule has 1 heterocycles. The number of nitrogens with two attached hydrogens (primary N) is 1. The van der Waals surface area contributed by atoms with Crippen molar-refractivity contribution in [2.75, 3.05) is 0 Å². The third kappa shape index (κ3) is 1.15. The third-order valence-corrected chi connectivity index (χ3v) is 1.80. The molecule has 0 radical (unpaired) electrons. The Kier molecular flexibility index (Phi) is 2.25. The molecule has 4 atom stereocenters. The second-order valence-corrected chi connectivity index (χ2v) is 2.53. The molecule has 1 aliphatic rings. The summed E-state index contributed by atoms with van der Waals surface area (Å²) in [5, 5.41) is 18.2. The predicted octanol–water partition coefficient (Wildman–Crippen LogP) is -1.20. The number of ether oxygens (including phenoxy) is 1. The highest BCUT2D eigenvalue weighted by atomic mass is 16.6. The van der Waals surface area contributed by atoms with Gasteiger partial charge in [0.2, 0.25) is 0 Å². The lowest BCUT2D eigenvalue weighted by atomic mass is 10.1. The minimum Gasteiger partial charge on any atom is -0.388 e. The van der Waals surface area contributed by atoms with Crippen LogP contribution in [0.1, 0.15) is 13.3 Å². The highest BCUT2D eigenvalue weighted by Crippen LogP contribution is 2.19. The first-order chi connectivity index (χ1) is 4.66. The van der Waals surface area contributed by atoms with Crippen molar-refractivity contribution in [2.45, 2.75) is 37.9 Å². The molecule has 1 aliphatic heterocycles. The van der Waals surface area contributed by atoms with Crippen molar-refractivity contribution < 1.29 is 14.9 Å². The van der Waals surface area contributed by atoms with Gasteiger partial charge in [-0.25, -0.2) is 0 Å². The summed E-state index contributed by atoms with van der Waals surface area (Å²) in [4.78, 5) is 0. The zero-order valence-electron chi connectivity index (χ0n) is 5.90. The summed E-state index contributed by atoms with van der Waals surface area (Å²) in [5.41, 5.74) is 5.30. The normalized spacial score (nSPS) is 48.0. The Hall–Kier alpha value is -0.160. The molecular formula is C6H13NO3. The van der Waals surface area contributed by atoms with E-state index in [1.165, 1.54) is 0 Å². The van der Waals surface area contributed by atoms with Crippen molar-refractivity contribution in [1.29, 1.82) is 0 Å². The fourth-order valence-corrected chi connectivity index (χ4v) is 1.11. The van der Waals surface area contributed by atoms with Gasteiger partial charge in [0.05, 0.1) is 6.10 Å². The predicted molar refractivity (Wildman–Crippen MR) is 35.2 cm³/mol. The molecular weight excluding hydrogens is 134 g/mol. The van der Waals surface area contributed by atoms with E-state index in [-0.39, 0.29) is 6.10 Å². The molecule has 0 aromatic heterocycles. The lowest BCUT2D eigenvalue weighted by molar-refractivity contribution is 0.00986. The second-order valence-electron chi connectivity index (χ2n) is 2.53. The second kappa shape index (κ2) is 2.84. The van der Waals surface area contributed by atoms with Crippen LogP contribution in [0.5, 0.6) is 0 Å². The van der Waals surface area contributed by atoms with Gasteiger partial charge in [-0.2, -0.15) is 0 Å². The lowest BCUT2D eigenvalue weighted by Gasteiger charge is -2.10. The van der Waals surface area contributed by atoms with Crippen molar-refractivity contribution in [3.05, 3.63) is 0 Å². The molecule has 4 unspecified atom stereocenters.